The van der Waals surface area contributed by atoms with Gasteiger partial charge in [-0.15, -0.1) is 0 Å². The summed E-state index contributed by atoms with van der Waals surface area (Å²) in [6, 6.07) is 5.40. The van der Waals surface area contributed by atoms with Gasteiger partial charge in [0.1, 0.15) is 0 Å². The van der Waals surface area contributed by atoms with Gasteiger partial charge in [0, 0.05) is 28.7 Å². The highest BCUT2D eigenvalue weighted by molar-refractivity contribution is 6.35. The Hall–Kier alpha value is -0.770. The van der Waals surface area contributed by atoms with Crippen LogP contribution in [0.25, 0.3) is 0 Å². The molecule has 1 aliphatic rings. The van der Waals surface area contributed by atoms with Gasteiger partial charge >= 0.3 is 5.97 Å². The number of nitrogens with zero attached hydrogens (tertiary/aromatic N) is 1. The molecule has 0 unspecified atom stereocenters. The number of rotatable bonds is 3. The number of benzene rings is 1. The Bertz CT molecular complexity index is 416. The molecule has 0 saturated carbocycles. The molecule has 1 atom stereocenters. The molecule has 3 nitrogen and oxygen atoms in total. The highest BCUT2D eigenvalue weighted by Gasteiger charge is 2.28. The first-order chi connectivity index (χ1) is 8.08. The number of halogens is 2. The van der Waals surface area contributed by atoms with E-state index in [0.717, 1.165) is 12.1 Å². The van der Waals surface area contributed by atoms with Crippen LogP contribution in [0.15, 0.2) is 18.2 Å². The average Bonchev–Trinajstić information content (AvgIpc) is 2.72. The number of hydrogen-bond donors (Lipinski definition) is 1. The quantitative estimate of drug-likeness (QED) is 0.921. The Balaban J connectivity index is 2.05. The first kappa shape index (κ1) is 12.7. The number of likely N-dealkylation sites (tertiary alicyclic amines) is 1. The molecule has 1 aromatic carbocycles. The molecule has 0 aromatic heterocycles. The molecule has 1 N–H and O–H groups in total. The minimum absolute atomic E-state index is 0.267. The molecule has 1 heterocycles. The predicted molar refractivity (Wildman–Crippen MR) is 67.5 cm³/mol. The van der Waals surface area contributed by atoms with E-state index in [0.29, 0.717) is 29.6 Å². The summed E-state index contributed by atoms with van der Waals surface area (Å²) in [6.07, 6.45) is 0.692. The third kappa shape index (κ3) is 2.92. The molecule has 2 rings (SSSR count). The summed E-state index contributed by atoms with van der Waals surface area (Å²) < 4.78 is 0. The predicted octanol–water partition coefficient (Wildman–Crippen LogP) is 2.90. The molecule has 0 radical (unpaired) electrons. The van der Waals surface area contributed by atoms with Gasteiger partial charge in [-0.2, -0.15) is 0 Å². The molecule has 1 aromatic rings. The van der Waals surface area contributed by atoms with Crippen molar-refractivity contribution in [1.82, 2.24) is 4.90 Å². The largest absolute Gasteiger partial charge is 0.481 e. The summed E-state index contributed by atoms with van der Waals surface area (Å²) in [7, 11) is 0. The van der Waals surface area contributed by atoms with Gasteiger partial charge in [-0.1, -0.05) is 29.3 Å². The summed E-state index contributed by atoms with van der Waals surface area (Å²) in [5.41, 5.74) is 0.877. The lowest BCUT2D eigenvalue weighted by Crippen LogP contribution is -2.23. The molecule has 17 heavy (non-hydrogen) atoms. The fourth-order valence-electron chi connectivity index (χ4n) is 2.08. The van der Waals surface area contributed by atoms with Crippen molar-refractivity contribution < 1.29 is 9.90 Å². The van der Waals surface area contributed by atoms with E-state index < -0.39 is 5.97 Å². The minimum Gasteiger partial charge on any atom is -0.481 e. The average molecular weight is 274 g/mol. The fraction of sp³-hybridized carbons (Fsp3) is 0.417. The zero-order valence-corrected chi connectivity index (χ0v) is 10.7. The minimum atomic E-state index is -0.724. The SMILES string of the molecule is O=C(O)[C@@H]1CCN(Cc2c(Cl)cccc2Cl)C1. The normalized spacial score (nSPS) is 20.7. The second kappa shape index (κ2) is 5.25. The third-order valence-electron chi connectivity index (χ3n) is 3.07. The molecule has 0 amide bonds. The highest BCUT2D eigenvalue weighted by Crippen LogP contribution is 2.27. The van der Waals surface area contributed by atoms with E-state index in [2.05, 4.69) is 4.90 Å². The number of carboxylic acids is 1. The molecule has 0 aliphatic carbocycles. The number of carboxylic acid groups (broad SMARTS) is 1. The van der Waals surface area contributed by atoms with Crippen LogP contribution in [0.5, 0.6) is 0 Å². The van der Waals surface area contributed by atoms with Crippen molar-refractivity contribution >= 4 is 29.2 Å². The first-order valence-corrected chi connectivity index (χ1v) is 6.21. The first-order valence-electron chi connectivity index (χ1n) is 5.46. The van der Waals surface area contributed by atoms with Gasteiger partial charge < -0.3 is 5.11 Å². The second-order valence-corrected chi connectivity index (χ2v) is 5.07. The van der Waals surface area contributed by atoms with Gasteiger partial charge in [-0.05, 0) is 25.1 Å². The molecule has 1 fully saturated rings. The van der Waals surface area contributed by atoms with Gasteiger partial charge in [0.25, 0.3) is 0 Å². The van der Waals surface area contributed by atoms with E-state index >= 15 is 0 Å². The number of aliphatic carboxylic acids is 1. The monoisotopic (exact) mass is 273 g/mol. The lowest BCUT2D eigenvalue weighted by Gasteiger charge is -2.17. The maximum Gasteiger partial charge on any atom is 0.307 e. The topological polar surface area (TPSA) is 40.5 Å². The maximum atomic E-state index is 10.9. The van der Waals surface area contributed by atoms with Crippen molar-refractivity contribution in [3.63, 3.8) is 0 Å². The van der Waals surface area contributed by atoms with E-state index in [-0.39, 0.29) is 5.92 Å². The van der Waals surface area contributed by atoms with Crippen LogP contribution in [-0.4, -0.2) is 29.1 Å². The number of carbonyl (C=O) groups is 1. The molecule has 1 aliphatic heterocycles. The van der Waals surface area contributed by atoms with Crippen LogP contribution in [0.4, 0.5) is 0 Å². The van der Waals surface area contributed by atoms with Gasteiger partial charge in [-0.3, -0.25) is 9.69 Å². The van der Waals surface area contributed by atoms with Crippen molar-refractivity contribution in [3.05, 3.63) is 33.8 Å². The van der Waals surface area contributed by atoms with Crippen molar-refractivity contribution in [1.29, 1.82) is 0 Å². The van der Waals surface area contributed by atoms with Crippen LogP contribution < -0.4 is 0 Å². The maximum absolute atomic E-state index is 10.9. The second-order valence-electron chi connectivity index (χ2n) is 4.26. The molecule has 0 spiro atoms. The third-order valence-corrected chi connectivity index (χ3v) is 3.77. The molecular weight excluding hydrogens is 261 g/mol. The summed E-state index contributed by atoms with van der Waals surface area (Å²) in [5, 5.41) is 10.2. The van der Waals surface area contributed by atoms with Crippen LogP contribution in [0.2, 0.25) is 10.0 Å². The van der Waals surface area contributed by atoms with E-state index in [1.807, 2.05) is 0 Å². The van der Waals surface area contributed by atoms with Crippen molar-refractivity contribution in [3.8, 4) is 0 Å². The van der Waals surface area contributed by atoms with E-state index in [4.69, 9.17) is 28.3 Å². The molecule has 5 heteroatoms. The Kier molecular flexibility index (Phi) is 3.92. The lowest BCUT2D eigenvalue weighted by molar-refractivity contribution is -0.141. The smallest absolute Gasteiger partial charge is 0.307 e. The van der Waals surface area contributed by atoms with Gasteiger partial charge in [-0.25, -0.2) is 0 Å². The molecule has 92 valence electrons. The zero-order valence-electron chi connectivity index (χ0n) is 9.20. The molecular formula is C12H13Cl2NO2. The van der Waals surface area contributed by atoms with Gasteiger partial charge in [0.15, 0.2) is 0 Å². The zero-order chi connectivity index (χ0) is 12.4. The summed E-state index contributed by atoms with van der Waals surface area (Å²) >= 11 is 12.2. The number of hydrogen-bond acceptors (Lipinski definition) is 2. The Morgan fingerprint density at radius 3 is 2.59 bits per heavy atom. The van der Waals surface area contributed by atoms with Gasteiger partial charge in [0.2, 0.25) is 0 Å². The lowest BCUT2D eigenvalue weighted by atomic mass is 10.1. The Morgan fingerprint density at radius 1 is 1.41 bits per heavy atom. The van der Waals surface area contributed by atoms with Crippen LogP contribution in [0, 0.1) is 5.92 Å². The van der Waals surface area contributed by atoms with Crippen LogP contribution in [0.3, 0.4) is 0 Å². The summed E-state index contributed by atoms with van der Waals surface area (Å²) in [6.45, 7) is 1.96. The standard InChI is InChI=1S/C12H13Cl2NO2/c13-10-2-1-3-11(14)9(10)7-15-5-4-8(6-15)12(16)17/h1-3,8H,4-7H2,(H,16,17)/t8-/m1/s1. The van der Waals surface area contributed by atoms with Crippen LogP contribution in [-0.2, 0) is 11.3 Å². The van der Waals surface area contributed by atoms with Crippen molar-refractivity contribution in [2.75, 3.05) is 13.1 Å². The van der Waals surface area contributed by atoms with Gasteiger partial charge in [0.05, 0.1) is 5.92 Å². The summed E-state index contributed by atoms with van der Waals surface area (Å²) in [4.78, 5) is 12.9. The van der Waals surface area contributed by atoms with E-state index in [1.165, 1.54) is 0 Å². The van der Waals surface area contributed by atoms with Crippen molar-refractivity contribution in [2.45, 2.75) is 13.0 Å². The Labute approximate surface area is 110 Å². The fourth-order valence-corrected chi connectivity index (χ4v) is 2.60. The van der Waals surface area contributed by atoms with Crippen LogP contribution >= 0.6 is 23.2 Å². The Morgan fingerprint density at radius 2 is 2.06 bits per heavy atom. The van der Waals surface area contributed by atoms with Crippen molar-refractivity contribution in [2.24, 2.45) is 5.92 Å². The molecule has 1 saturated heterocycles. The molecule has 0 bridgehead atoms. The van der Waals surface area contributed by atoms with E-state index in [1.54, 1.807) is 18.2 Å². The van der Waals surface area contributed by atoms with E-state index in [9.17, 15) is 4.79 Å². The summed E-state index contributed by atoms with van der Waals surface area (Å²) in [5.74, 6) is -0.992. The van der Waals surface area contributed by atoms with Crippen LogP contribution in [0.1, 0.15) is 12.0 Å². The highest BCUT2D eigenvalue weighted by atomic mass is 35.5.